The van der Waals surface area contributed by atoms with Crippen LogP contribution in [0.3, 0.4) is 0 Å². The Bertz CT molecular complexity index is 1100. The second-order valence-corrected chi connectivity index (χ2v) is 17.9. The van der Waals surface area contributed by atoms with E-state index in [2.05, 4.69) is 73.5 Å². The van der Waals surface area contributed by atoms with Gasteiger partial charge in [0, 0.05) is 29.1 Å². The summed E-state index contributed by atoms with van der Waals surface area (Å²) >= 11 is 0. The van der Waals surface area contributed by atoms with Gasteiger partial charge >= 0.3 is 6.18 Å². The fraction of sp³-hybridized carbons (Fsp3) is 0.655. The summed E-state index contributed by atoms with van der Waals surface area (Å²) in [6.45, 7) is 24.4. The van der Waals surface area contributed by atoms with E-state index in [-0.39, 0.29) is 28.4 Å². The van der Waals surface area contributed by atoms with Gasteiger partial charge in [0.25, 0.3) is 0 Å². The topological polar surface area (TPSA) is 35.0 Å². The van der Waals surface area contributed by atoms with Crippen LogP contribution in [0.1, 0.15) is 119 Å². The number of hydrogen-bond acceptors (Lipinski definition) is 3. The Labute approximate surface area is 216 Å². The minimum atomic E-state index is -4.45. The normalized spacial score (nSPS) is 19.4. The molecule has 0 radical (unpaired) electrons. The van der Waals surface area contributed by atoms with Crippen LogP contribution in [0.2, 0.25) is 18.1 Å². The predicted octanol–water partition coefficient (Wildman–Crippen LogP) is 9.11. The van der Waals surface area contributed by atoms with E-state index < -0.39 is 20.2 Å². The number of aromatic nitrogens is 2. The summed E-state index contributed by atoms with van der Waals surface area (Å²) in [4.78, 5) is 8.98. The number of halogens is 3. The van der Waals surface area contributed by atoms with Crippen LogP contribution in [-0.4, -0.2) is 18.3 Å². The van der Waals surface area contributed by atoms with Gasteiger partial charge in [0.1, 0.15) is 5.69 Å². The first-order chi connectivity index (χ1) is 16.2. The average molecular weight is 521 g/mol. The van der Waals surface area contributed by atoms with Crippen molar-refractivity contribution in [3.63, 3.8) is 0 Å². The van der Waals surface area contributed by atoms with Crippen molar-refractivity contribution in [3.05, 3.63) is 57.7 Å². The third-order valence-corrected chi connectivity index (χ3v) is 12.6. The molecule has 2 unspecified atom stereocenters. The molecule has 0 aliphatic heterocycles. The van der Waals surface area contributed by atoms with Crippen LogP contribution >= 0.6 is 0 Å². The van der Waals surface area contributed by atoms with Crippen LogP contribution in [-0.2, 0) is 17.0 Å². The van der Waals surface area contributed by atoms with Crippen LogP contribution in [0.5, 0.6) is 0 Å². The molecule has 0 fully saturated rings. The molecule has 2 aromatic rings. The summed E-state index contributed by atoms with van der Waals surface area (Å²) in [5.41, 5.74) is 5.52. The first kappa shape index (κ1) is 28.8. The summed E-state index contributed by atoms with van der Waals surface area (Å²) in [7, 11) is -2.06. The maximum Gasteiger partial charge on any atom is 0.433 e. The highest BCUT2D eigenvalue weighted by atomic mass is 28.4. The van der Waals surface area contributed by atoms with Crippen molar-refractivity contribution in [2.75, 3.05) is 0 Å². The van der Waals surface area contributed by atoms with Gasteiger partial charge in [-0.1, -0.05) is 61.5 Å². The Morgan fingerprint density at radius 3 is 2.17 bits per heavy atom. The zero-order valence-electron chi connectivity index (χ0n) is 23.8. The summed E-state index contributed by atoms with van der Waals surface area (Å²) in [5.74, 6) is 0.0390. The summed E-state index contributed by atoms with van der Waals surface area (Å²) in [5, 5.41) is 0.0793. The van der Waals surface area contributed by atoms with Crippen molar-refractivity contribution in [3.8, 4) is 0 Å². The largest absolute Gasteiger partial charge is 0.433 e. The fourth-order valence-electron chi connectivity index (χ4n) is 5.13. The molecule has 3 rings (SSSR count). The Hall–Kier alpha value is -1.73. The highest BCUT2D eigenvalue weighted by Crippen LogP contribution is 2.49. The van der Waals surface area contributed by atoms with Crippen molar-refractivity contribution < 1.29 is 17.6 Å². The molecule has 1 aliphatic rings. The summed E-state index contributed by atoms with van der Waals surface area (Å²) in [6.07, 6.45) is -1.32. The molecule has 0 bridgehead atoms. The van der Waals surface area contributed by atoms with Crippen molar-refractivity contribution in [1.82, 2.24) is 9.97 Å². The van der Waals surface area contributed by atoms with E-state index in [9.17, 15) is 13.2 Å². The van der Waals surface area contributed by atoms with Gasteiger partial charge in [-0.3, -0.25) is 9.97 Å². The van der Waals surface area contributed by atoms with Crippen molar-refractivity contribution in [2.45, 2.75) is 117 Å². The molecule has 0 spiro atoms. The van der Waals surface area contributed by atoms with Crippen molar-refractivity contribution >= 4 is 8.32 Å². The Balaban J connectivity index is 2.18. The fourth-order valence-corrected chi connectivity index (χ4v) is 6.39. The Morgan fingerprint density at radius 1 is 1.08 bits per heavy atom. The summed E-state index contributed by atoms with van der Waals surface area (Å²) in [6, 6.07) is 2.63. The highest BCUT2D eigenvalue weighted by Gasteiger charge is 2.44. The quantitative estimate of drug-likeness (QED) is 0.369. The molecule has 0 amide bonds. The van der Waals surface area contributed by atoms with Gasteiger partial charge in [-0.2, -0.15) is 13.2 Å². The van der Waals surface area contributed by atoms with Crippen LogP contribution in [0.25, 0.3) is 0 Å². The number of rotatable bonds is 5. The molecule has 36 heavy (non-hydrogen) atoms. The lowest BCUT2D eigenvalue weighted by atomic mass is 9.72. The van der Waals surface area contributed by atoms with E-state index in [0.29, 0.717) is 0 Å². The number of hydrogen-bond donors (Lipinski definition) is 0. The van der Waals surface area contributed by atoms with Gasteiger partial charge in [-0.15, -0.1) is 0 Å². The van der Waals surface area contributed by atoms with E-state index in [1.165, 1.54) is 11.8 Å². The number of alkyl halides is 3. The molecule has 200 valence electrons. The first-order valence-electron chi connectivity index (χ1n) is 13.0. The van der Waals surface area contributed by atoms with Gasteiger partial charge in [-0.25, -0.2) is 0 Å². The molecule has 0 saturated heterocycles. The molecule has 2 heterocycles. The predicted molar refractivity (Wildman–Crippen MR) is 143 cm³/mol. The van der Waals surface area contributed by atoms with Crippen LogP contribution < -0.4 is 0 Å². The lowest BCUT2D eigenvalue weighted by molar-refractivity contribution is -0.141. The third-order valence-electron chi connectivity index (χ3n) is 8.16. The van der Waals surface area contributed by atoms with E-state index in [4.69, 9.17) is 9.41 Å². The molecule has 7 heteroatoms. The lowest BCUT2D eigenvalue weighted by Gasteiger charge is -2.45. The lowest BCUT2D eigenvalue weighted by Crippen LogP contribution is -2.44. The minimum Gasteiger partial charge on any atom is -0.410 e. The molecule has 3 nitrogen and oxygen atoms in total. The maximum absolute atomic E-state index is 13.1. The SMILES string of the molecule is Cc1c2c(nc(C(C)C)c1C(C)c1ccc(C(F)(F)F)nc1)CC(C)(C)CC2O[Si](C)(C)C(C)(C)C. The van der Waals surface area contributed by atoms with Crippen LogP contribution in [0.15, 0.2) is 18.3 Å². The van der Waals surface area contributed by atoms with Gasteiger partial charge in [0.15, 0.2) is 8.32 Å². The average Bonchev–Trinajstić information content (AvgIpc) is 2.70. The maximum atomic E-state index is 13.1. The Kier molecular flexibility index (Phi) is 7.64. The van der Waals surface area contributed by atoms with Gasteiger partial charge in [-0.05, 0) is 72.0 Å². The summed E-state index contributed by atoms with van der Waals surface area (Å²) < 4.78 is 46.4. The van der Waals surface area contributed by atoms with Gasteiger partial charge in [0.05, 0.1) is 6.10 Å². The standard InChI is InChI=1S/C29H43F3N2OSi/c1-17(2)26-24(18(3)20-12-13-23(33-16-20)29(30,31)32)19(4)25-21(34-26)14-28(8,9)15-22(25)35-36(10,11)27(5,6)7/h12-13,16-18,22H,14-15H2,1-11H3. The zero-order chi connectivity index (χ0) is 27.4. The van der Waals surface area contributed by atoms with Crippen LogP contribution in [0, 0.1) is 12.3 Å². The van der Waals surface area contributed by atoms with E-state index in [1.807, 2.05) is 6.92 Å². The molecular formula is C29H43F3N2OSi. The molecule has 1 aliphatic carbocycles. The van der Waals surface area contributed by atoms with Gasteiger partial charge < -0.3 is 4.43 Å². The van der Waals surface area contributed by atoms with E-state index in [1.54, 1.807) is 6.07 Å². The number of nitrogens with zero attached hydrogens (tertiary/aromatic N) is 2. The second-order valence-electron chi connectivity index (χ2n) is 13.2. The number of fused-ring (bicyclic) bond motifs is 1. The molecule has 0 saturated carbocycles. The monoisotopic (exact) mass is 520 g/mol. The number of pyridine rings is 2. The van der Waals surface area contributed by atoms with E-state index in [0.717, 1.165) is 47.0 Å². The Morgan fingerprint density at radius 2 is 1.69 bits per heavy atom. The van der Waals surface area contributed by atoms with Crippen molar-refractivity contribution in [2.24, 2.45) is 5.41 Å². The first-order valence-corrected chi connectivity index (χ1v) is 15.9. The molecular weight excluding hydrogens is 477 g/mol. The zero-order valence-corrected chi connectivity index (χ0v) is 24.8. The second kappa shape index (κ2) is 9.54. The molecule has 2 aromatic heterocycles. The third kappa shape index (κ3) is 5.72. The molecule has 0 aromatic carbocycles. The van der Waals surface area contributed by atoms with E-state index >= 15 is 0 Å². The van der Waals surface area contributed by atoms with Gasteiger partial charge in [0.2, 0.25) is 0 Å². The molecule has 0 N–H and O–H groups in total. The van der Waals surface area contributed by atoms with Crippen molar-refractivity contribution in [1.29, 1.82) is 0 Å². The highest BCUT2D eigenvalue weighted by molar-refractivity contribution is 6.74. The smallest absolute Gasteiger partial charge is 0.410 e. The van der Waals surface area contributed by atoms with Crippen LogP contribution in [0.4, 0.5) is 13.2 Å². The minimum absolute atomic E-state index is 0.0463. The molecule has 2 atom stereocenters.